The third kappa shape index (κ3) is 3.97. The van der Waals surface area contributed by atoms with Crippen molar-refractivity contribution < 1.29 is 14.9 Å². The molecule has 2 rings (SSSR count). The van der Waals surface area contributed by atoms with E-state index >= 15 is 0 Å². The Morgan fingerprint density at radius 2 is 1.75 bits per heavy atom. The van der Waals surface area contributed by atoms with Gasteiger partial charge >= 0.3 is 0 Å². The van der Waals surface area contributed by atoms with Crippen molar-refractivity contribution in [2.75, 3.05) is 5.88 Å². The Kier molecular flexibility index (Phi) is 5.41. The van der Waals surface area contributed by atoms with E-state index in [-0.39, 0.29) is 5.88 Å². The van der Waals surface area contributed by atoms with Crippen LogP contribution in [0.2, 0.25) is 0 Å². The minimum Gasteiger partial charge on any atom is -0.489 e. The van der Waals surface area contributed by atoms with E-state index in [0.29, 0.717) is 17.9 Å². The first-order chi connectivity index (χ1) is 9.70. The zero-order valence-corrected chi connectivity index (χ0v) is 11.7. The van der Waals surface area contributed by atoms with Crippen molar-refractivity contribution in [3.05, 3.63) is 65.7 Å². The molecule has 0 aromatic heterocycles. The summed E-state index contributed by atoms with van der Waals surface area (Å²) >= 11 is 5.54. The Labute approximate surface area is 123 Å². The summed E-state index contributed by atoms with van der Waals surface area (Å²) in [5.74, 6) is 0.628. The van der Waals surface area contributed by atoms with E-state index in [2.05, 4.69) is 0 Å². The minimum atomic E-state index is -1.01. The van der Waals surface area contributed by atoms with Crippen LogP contribution in [0.25, 0.3) is 0 Å². The van der Waals surface area contributed by atoms with Crippen LogP contribution in [0, 0.1) is 0 Å². The molecule has 0 amide bonds. The van der Waals surface area contributed by atoms with Gasteiger partial charge in [-0.3, -0.25) is 0 Å². The molecular formula is C16H17ClO3. The molecule has 0 saturated carbocycles. The third-order valence-electron chi connectivity index (χ3n) is 2.97. The molecule has 3 nitrogen and oxygen atoms in total. The van der Waals surface area contributed by atoms with Crippen LogP contribution in [-0.2, 0) is 6.61 Å². The molecule has 2 N–H and O–H groups in total. The van der Waals surface area contributed by atoms with Gasteiger partial charge in [-0.2, -0.15) is 0 Å². The second kappa shape index (κ2) is 7.29. The van der Waals surface area contributed by atoms with E-state index < -0.39 is 12.2 Å². The standard InChI is InChI=1S/C16H17ClO3/c17-10-15(18)16(19)13-7-4-8-14(9-13)20-11-12-5-2-1-3-6-12/h1-9,15-16,18-19H,10-11H2. The van der Waals surface area contributed by atoms with Crippen molar-refractivity contribution in [2.45, 2.75) is 18.8 Å². The Bertz CT molecular complexity index is 530. The molecule has 2 atom stereocenters. The van der Waals surface area contributed by atoms with Gasteiger partial charge in [0.25, 0.3) is 0 Å². The van der Waals surface area contributed by atoms with E-state index in [1.165, 1.54) is 0 Å². The Morgan fingerprint density at radius 1 is 1.00 bits per heavy atom. The summed E-state index contributed by atoms with van der Waals surface area (Å²) < 4.78 is 5.67. The number of ether oxygens (including phenoxy) is 1. The van der Waals surface area contributed by atoms with Gasteiger partial charge in [-0.15, -0.1) is 11.6 Å². The quantitative estimate of drug-likeness (QED) is 0.805. The average molecular weight is 293 g/mol. The second-order valence-corrected chi connectivity index (χ2v) is 4.82. The lowest BCUT2D eigenvalue weighted by Crippen LogP contribution is -2.19. The number of benzene rings is 2. The molecule has 2 aromatic carbocycles. The Morgan fingerprint density at radius 3 is 2.45 bits per heavy atom. The van der Waals surface area contributed by atoms with Crippen LogP contribution in [0.15, 0.2) is 54.6 Å². The number of alkyl halides is 1. The zero-order valence-electron chi connectivity index (χ0n) is 10.9. The van der Waals surface area contributed by atoms with Gasteiger partial charge in [-0.25, -0.2) is 0 Å². The molecule has 0 aliphatic rings. The lowest BCUT2D eigenvalue weighted by atomic mass is 10.1. The molecule has 0 radical (unpaired) electrons. The topological polar surface area (TPSA) is 49.7 Å². The minimum absolute atomic E-state index is 0.0176. The monoisotopic (exact) mass is 292 g/mol. The van der Waals surface area contributed by atoms with E-state index in [4.69, 9.17) is 16.3 Å². The molecule has 2 unspecified atom stereocenters. The van der Waals surface area contributed by atoms with Crippen molar-refractivity contribution in [1.29, 1.82) is 0 Å². The largest absolute Gasteiger partial charge is 0.489 e. The molecule has 2 aromatic rings. The van der Waals surface area contributed by atoms with Crippen LogP contribution >= 0.6 is 11.6 Å². The number of rotatable bonds is 6. The van der Waals surface area contributed by atoms with Crippen LogP contribution in [0.5, 0.6) is 5.75 Å². The number of aliphatic hydroxyl groups excluding tert-OH is 2. The zero-order chi connectivity index (χ0) is 14.4. The maximum Gasteiger partial charge on any atom is 0.120 e. The van der Waals surface area contributed by atoms with E-state index in [1.54, 1.807) is 18.2 Å². The lowest BCUT2D eigenvalue weighted by Gasteiger charge is -2.16. The smallest absolute Gasteiger partial charge is 0.120 e. The maximum atomic E-state index is 9.91. The van der Waals surface area contributed by atoms with Crippen LogP contribution in [0.4, 0.5) is 0 Å². The van der Waals surface area contributed by atoms with Crippen molar-refractivity contribution >= 4 is 11.6 Å². The fourth-order valence-electron chi connectivity index (χ4n) is 1.84. The van der Waals surface area contributed by atoms with Gasteiger partial charge in [-0.1, -0.05) is 42.5 Å². The summed E-state index contributed by atoms with van der Waals surface area (Å²) in [7, 11) is 0. The molecule has 0 heterocycles. The van der Waals surface area contributed by atoms with E-state index in [9.17, 15) is 10.2 Å². The number of hydrogen-bond donors (Lipinski definition) is 2. The van der Waals surface area contributed by atoms with Crippen LogP contribution in [0.1, 0.15) is 17.2 Å². The van der Waals surface area contributed by atoms with E-state index in [0.717, 1.165) is 5.56 Å². The highest BCUT2D eigenvalue weighted by Crippen LogP contribution is 2.23. The summed E-state index contributed by atoms with van der Waals surface area (Å²) in [6.45, 7) is 0.457. The average Bonchev–Trinajstić information content (AvgIpc) is 2.52. The summed E-state index contributed by atoms with van der Waals surface area (Å²) in [6, 6.07) is 16.9. The first-order valence-corrected chi connectivity index (χ1v) is 6.93. The molecule has 0 aliphatic heterocycles. The fraction of sp³-hybridized carbons (Fsp3) is 0.250. The molecule has 0 saturated heterocycles. The van der Waals surface area contributed by atoms with Gasteiger partial charge in [0, 0.05) is 0 Å². The number of hydrogen-bond acceptors (Lipinski definition) is 3. The molecular weight excluding hydrogens is 276 g/mol. The number of halogens is 1. The first kappa shape index (κ1) is 14.9. The number of aliphatic hydroxyl groups is 2. The van der Waals surface area contributed by atoms with Gasteiger partial charge in [-0.05, 0) is 23.3 Å². The summed E-state index contributed by atoms with van der Waals surface area (Å²) in [4.78, 5) is 0. The highest BCUT2D eigenvalue weighted by atomic mass is 35.5. The Hall–Kier alpha value is -1.55. The second-order valence-electron chi connectivity index (χ2n) is 4.51. The molecule has 0 aliphatic carbocycles. The predicted molar refractivity (Wildman–Crippen MR) is 78.9 cm³/mol. The summed E-state index contributed by atoms with van der Waals surface area (Å²) in [6.07, 6.45) is -1.99. The maximum absolute atomic E-state index is 9.91. The highest BCUT2D eigenvalue weighted by molar-refractivity contribution is 6.18. The van der Waals surface area contributed by atoms with Crippen molar-refractivity contribution in [3.8, 4) is 5.75 Å². The van der Waals surface area contributed by atoms with Gasteiger partial charge in [0.15, 0.2) is 0 Å². The summed E-state index contributed by atoms with van der Waals surface area (Å²) in [5.41, 5.74) is 1.66. The third-order valence-corrected chi connectivity index (χ3v) is 3.29. The van der Waals surface area contributed by atoms with Gasteiger partial charge < -0.3 is 14.9 Å². The van der Waals surface area contributed by atoms with Gasteiger partial charge in [0.2, 0.25) is 0 Å². The SMILES string of the molecule is OC(CCl)C(O)c1cccc(OCc2ccccc2)c1. The van der Waals surface area contributed by atoms with Crippen molar-refractivity contribution in [1.82, 2.24) is 0 Å². The fourth-order valence-corrected chi connectivity index (χ4v) is 2.00. The predicted octanol–water partition coefficient (Wildman–Crippen LogP) is 2.90. The van der Waals surface area contributed by atoms with Crippen molar-refractivity contribution in [2.24, 2.45) is 0 Å². The molecule has 4 heteroatoms. The molecule has 0 spiro atoms. The molecule has 0 bridgehead atoms. The molecule has 20 heavy (non-hydrogen) atoms. The van der Waals surface area contributed by atoms with Gasteiger partial charge in [0.05, 0.1) is 12.0 Å². The Balaban J connectivity index is 2.03. The highest BCUT2D eigenvalue weighted by Gasteiger charge is 2.17. The molecule has 106 valence electrons. The molecule has 0 fully saturated rings. The normalized spacial score (nSPS) is 13.8. The lowest BCUT2D eigenvalue weighted by molar-refractivity contribution is 0.0325. The summed E-state index contributed by atoms with van der Waals surface area (Å²) in [5, 5.41) is 19.5. The van der Waals surface area contributed by atoms with Crippen molar-refractivity contribution in [3.63, 3.8) is 0 Å². The van der Waals surface area contributed by atoms with E-state index in [1.807, 2.05) is 36.4 Å². The van der Waals surface area contributed by atoms with Crippen LogP contribution in [-0.4, -0.2) is 22.2 Å². The van der Waals surface area contributed by atoms with Crippen LogP contribution < -0.4 is 4.74 Å². The first-order valence-electron chi connectivity index (χ1n) is 6.39. The van der Waals surface area contributed by atoms with Crippen LogP contribution in [0.3, 0.4) is 0 Å². The van der Waals surface area contributed by atoms with Gasteiger partial charge in [0.1, 0.15) is 18.5 Å².